The van der Waals surface area contributed by atoms with Crippen LogP contribution in [0.1, 0.15) is 11.1 Å². The average Bonchev–Trinajstić information content (AvgIpc) is 2.74. The lowest BCUT2D eigenvalue weighted by Crippen LogP contribution is -2.26. The SMILES string of the molecule is Cc1cc(-c2ccccc2)ccc1N(N)c1ccc(-c2ccccc2)cc1C. The van der Waals surface area contributed by atoms with E-state index in [0.717, 1.165) is 22.5 Å². The van der Waals surface area contributed by atoms with Gasteiger partial charge in [0.1, 0.15) is 0 Å². The van der Waals surface area contributed by atoms with E-state index in [2.05, 4.69) is 98.8 Å². The van der Waals surface area contributed by atoms with E-state index in [1.807, 2.05) is 12.1 Å². The second-order valence-electron chi connectivity index (χ2n) is 7.10. The minimum Gasteiger partial charge on any atom is -0.279 e. The molecule has 4 aromatic carbocycles. The van der Waals surface area contributed by atoms with Crippen molar-refractivity contribution in [3.05, 3.63) is 108 Å². The van der Waals surface area contributed by atoms with Gasteiger partial charge in [0.05, 0.1) is 11.4 Å². The van der Waals surface area contributed by atoms with Crippen LogP contribution in [0.15, 0.2) is 97.1 Å². The van der Waals surface area contributed by atoms with Crippen LogP contribution in [0.3, 0.4) is 0 Å². The van der Waals surface area contributed by atoms with Crippen LogP contribution < -0.4 is 10.9 Å². The Morgan fingerprint density at radius 2 is 0.893 bits per heavy atom. The Labute approximate surface area is 166 Å². The summed E-state index contributed by atoms with van der Waals surface area (Å²) in [4.78, 5) is 0. The van der Waals surface area contributed by atoms with E-state index in [4.69, 9.17) is 5.84 Å². The Hall–Kier alpha value is -3.36. The molecule has 0 aliphatic rings. The van der Waals surface area contributed by atoms with Crippen LogP contribution in [-0.4, -0.2) is 0 Å². The third-order valence-electron chi connectivity index (χ3n) is 5.13. The van der Waals surface area contributed by atoms with E-state index in [0.29, 0.717) is 0 Å². The quantitative estimate of drug-likeness (QED) is 0.324. The fourth-order valence-electron chi connectivity index (χ4n) is 3.60. The molecule has 4 rings (SSSR count). The summed E-state index contributed by atoms with van der Waals surface area (Å²) < 4.78 is 0. The smallest absolute Gasteiger partial charge is 0.0604 e. The second kappa shape index (κ2) is 7.71. The third-order valence-corrected chi connectivity index (χ3v) is 5.13. The molecule has 2 heteroatoms. The zero-order valence-corrected chi connectivity index (χ0v) is 16.3. The van der Waals surface area contributed by atoms with Gasteiger partial charge in [0.25, 0.3) is 0 Å². The minimum atomic E-state index is 1.01. The first-order valence-electron chi connectivity index (χ1n) is 9.50. The highest BCUT2D eigenvalue weighted by Gasteiger charge is 2.12. The van der Waals surface area contributed by atoms with Gasteiger partial charge in [-0.15, -0.1) is 0 Å². The highest BCUT2D eigenvalue weighted by atomic mass is 15.4. The van der Waals surface area contributed by atoms with E-state index < -0.39 is 0 Å². The molecule has 0 amide bonds. The Morgan fingerprint density at radius 1 is 0.500 bits per heavy atom. The molecule has 0 spiro atoms. The third kappa shape index (κ3) is 3.55. The maximum Gasteiger partial charge on any atom is 0.0604 e. The van der Waals surface area contributed by atoms with Gasteiger partial charge in [0, 0.05) is 0 Å². The summed E-state index contributed by atoms with van der Waals surface area (Å²) >= 11 is 0. The second-order valence-corrected chi connectivity index (χ2v) is 7.10. The van der Waals surface area contributed by atoms with Crippen molar-refractivity contribution in [2.45, 2.75) is 13.8 Å². The van der Waals surface area contributed by atoms with Crippen molar-refractivity contribution >= 4 is 11.4 Å². The van der Waals surface area contributed by atoms with Crippen LogP contribution in [0, 0.1) is 13.8 Å². The van der Waals surface area contributed by atoms with Gasteiger partial charge in [-0.2, -0.15) is 0 Å². The summed E-state index contributed by atoms with van der Waals surface area (Å²) in [5.41, 5.74) is 9.14. The van der Waals surface area contributed by atoms with Gasteiger partial charge in [-0.05, 0) is 71.5 Å². The zero-order valence-electron chi connectivity index (χ0n) is 16.3. The fraction of sp³-hybridized carbons (Fsp3) is 0.0769. The molecule has 138 valence electrons. The minimum absolute atomic E-state index is 1.01. The van der Waals surface area contributed by atoms with Crippen molar-refractivity contribution in [2.75, 3.05) is 5.01 Å². The van der Waals surface area contributed by atoms with Gasteiger partial charge < -0.3 is 0 Å². The van der Waals surface area contributed by atoms with Crippen molar-refractivity contribution in [3.63, 3.8) is 0 Å². The molecule has 0 fully saturated rings. The highest BCUT2D eigenvalue weighted by Crippen LogP contribution is 2.33. The number of hydrogen-bond acceptors (Lipinski definition) is 2. The summed E-state index contributed by atoms with van der Waals surface area (Å²) in [5, 5.41) is 1.79. The van der Waals surface area contributed by atoms with Crippen molar-refractivity contribution in [3.8, 4) is 22.3 Å². The molecule has 2 nitrogen and oxygen atoms in total. The van der Waals surface area contributed by atoms with Crippen molar-refractivity contribution in [1.29, 1.82) is 0 Å². The predicted molar refractivity (Wildman–Crippen MR) is 120 cm³/mol. The van der Waals surface area contributed by atoms with Crippen LogP contribution in [0.5, 0.6) is 0 Å². The molecule has 0 unspecified atom stereocenters. The largest absolute Gasteiger partial charge is 0.279 e. The molecule has 4 aromatic rings. The number of hydrazine groups is 1. The molecule has 0 saturated carbocycles. The molecular weight excluding hydrogens is 340 g/mol. The van der Waals surface area contributed by atoms with E-state index in [-0.39, 0.29) is 0 Å². The van der Waals surface area contributed by atoms with Gasteiger partial charge in [0.15, 0.2) is 0 Å². The number of anilines is 2. The number of rotatable bonds is 4. The molecule has 0 aliphatic carbocycles. The molecule has 0 bridgehead atoms. The first kappa shape index (κ1) is 18.0. The van der Waals surface area contributed by atoms with Gasteiger partial charge in [0.2, 0.25) is 0 Å². The lowest BCUT2D eigenvalue weighted by Gasteiger charge is -2.24. The number of hydrogen-bond donors (Lipinski definition) is 1. The number of nitrogens with two attached hydrogens (primary N) is 1. The van der Waals surface area contributed by atoms with E-state index >= 15 is 0 Å². The first-order chi connectivity index (χ1) is 13.6. The Kier molecular flexibility index (Phi) is 4.96. The standard InChI is InChI=1S/C26H24N2/c1-19-17-23(21-9-5-3-6-10-21)13-15-25(19)28(27)26-16-14-24(18-20(26)2)22-11-7-4-8-12-22/h3-18H,27H2,1-2H3. The number of aryl methyl sites for hydroxylation is 2. The summed E-state index contributed by atoms with van der Waals surface area (Å²) in [6.45, 7) is 4.21. The molecule has 0 radical (unpaired) electrons. The lowest BCUT2D eigenvalue weighted by atomic mass is 10.0. The molecule has 0 atom stereocenters. The van der Waals surface area contributed by atoms with Crippen molar-refractivity contribution < 1.29 is 0 Å². The van der Waals surface area contributed by atoms with Crippen LogP contribution in [0.4, 0.5) is 11.4 Å². The van der Waals surface area contributed by atoms with Crippen molar-refractivity contribution in [2.24, 2.45) is 5.84 Å². The monoisotopic (exact) mass is 364 g/mol. The first-order valence-corrected chi connectivity index (χ1v) is 9.50. The Morgan fingerprint density at radius 3 is 1.25 bits per heavy atom. The number of nitrogens with zero attached hydrogens (tertiary/aromatic N) is 1. The van der Waals surface area contributed by atoms with Crippen molar-refractivity contribution in [1.82, 2.24) is 0 Å². The fourth-order valence-corrected chi connectivity index (χ4v) is 3.60. The normalized spacial score (nSPS) is 10.7. The predicted octanol–water partition coefficient (Wildman–Crippen LogP) is 6.65. The van der Waals surface area contributed by atoms with E-state index in [9.17, 15) is 0 Å². The van der Waals surface area contributed by atoms with Gasteiger partial charge >= 0.3 is 0 Å². The number of benzene rings is 4. The average molecular weight is 364 g/mol. The molecule has 0 saturated heterocycles. The molecule has 0 aromatic heterocycles. The van der Waals surface area contributed by atoms with E-state index in [1.165, 1.54) is 22.3 Å². The molecular formula is C26H24N2. The van der Waals surface area contributed by atoms with Crippen LogP contribution in [-0.2, 0) is 0 Å². The maximum atomic E-state index is 6.53. The summed E-state index contributed by atoms with van der Waals surface area (Å²) in [5.74, 6) is 6.53. The molecule has 28 heavy (non-hydrogen) atoms. The summed E-state index contributed by atoms with van der Waals surface area (Å²) in [6.07, 6.45) is 0. The van der Waals surface area contributed by atoms with Gasteiger partial charge in [-0.3, -0.25) is 5.01 Å². The molecule has 2 N–H and O–H groups in total. The summed E-state index contributed by atoms with van der Waals surface area (Å²) in [6, 6.07) is 33.7. The molecule has 0 heterocycles. The summed E-state index contributed by atoms with van der Waals surface area (Å²) in [7, 11) is 0. The lowest BCUT2D eigenvalue weighted by molar-refractivity contribution is 1.06. The Bertz CT molecular complexity index is 997. The molecule has 0 aliphatic heterocycles. The highest BCUT2D eigenvalue weighted by molar-refractivity contribution is 5.75. The van der Waals surface area contributed by atoms with Crippen LogP contribution in [0.25, 0.3) is 22.3 Å². The van der Waals surface area contributed by atoms with Gasteiger partial charge in [-0.25, -0.2) is 5.84 Å². The Balaban J connectivity index is 1.65. The van der Waals surface area contributed by atoms with Gasteiger partial charge in [-0.1, -0.05) is 72.8 Å². The van der Waals surface area contributed by atoms with E-state index in [1.54, 1.807) is 5.01 Å². The zero-order chi connectivity index (χ0) is 19.5. The van der Waals surface area contributed by atoms with Crippen LogP contribution in [0.2, 0.25) is 0 Å². The topological polar surface area (TPSA) is 29.3 Å². The maximum absolute atomic E-state index is 6.53. The van der Waals surface area contributed by atoms with Crippen LogP contribution >= 0.6 is 0 Å².